The van der Waals surface area contributed by atoms with E-state index < -0.39 is 0 Å². The van der Waals surface area contributed by atoms with Crippen LogP contribution in [0.25, 0.3) is 0 Å². The van der Waals surface area contributed by atoms with Gasteiger partial charge in [-0.25, -0.2) is 0 Å². The molecule has 1 aliphatic rings. The summed E-state index contributed by atoms with van der Waals surface area (Å²) in [5.41, 5.74) is 1.27. The second-order valence-corrected chi connectivity index (χ2v) is 5.64. The summed E-state index contributed by atoms with van der Waals surface area (Å²) in [5, 5.41) is 19.3. The van der Waals surface area contributed by atoms with Crippen molar-refractivity contribution in [3.05, 3.63) is 11.6 Å². The standard InChI is InChI=1S/C15H28O2/c1-12(7-6-8-13(2)16)11-15(17)14-9-4-3-5-10-14/h11,13-17H,3-10H2,1-2H3/b12-11+/t13-,15-/m0/s1. The Kier molecular flexibility index (Phi) is 6.83. The average Bonchev–Trinajstić information content (AvgIpc) is 2.29. The summed E-state index contributed by atoms with van der Waals surface area (Å²) in [6.45, 7) is 3.92. The molecule has 0 radical (unpaired) electrons. The third-order valence-electron chi connectivity index (χ3n) is 3.78. The third kappa shape index (κ3) is 6.23. The van der Waals surface area contributed by atoms with Gasteiger partial charge in [-0.05, 0) is 51.9 Å². The molecule has 1 fully saturated rings. The van der Waals surface area contributed by atoms with E-state index in [2.05, 4.69) is 6.92 Å². The molecule has 0 unspecified atom stereocenters. The van der Waals surface area contributed by atoms with Crippen molar-refractivity contribution >= 4 is 0 Å². The molecule has 0 aromatic carbocycles. The fraction of sp³-hybridized carbons (Fsp3) is 0.867. The molecule has 2 atom stereocenters. The van der Waals surface area contributed by atoms with Gasteiger partial charge in [0.1, 0.15) is 0 Å². The number of aliphatic hydroxyl groups is 2. The van der Waals surface area contributed by atoms with Gasteiger partial charge in [0.25, 0.3) is 0 Å². The molecule has 0 spiro atoms. The largest absolute Gasteiger partial charge is 0.393 e. The molecule has 2 heteroatoms. The van der Waals surface area contributed by atoms with Crippen LogP contribution in [0.2, 0.25) is 0 Å². The van der Waals surface area contributed by atoms with Crippen LogP contribution in [-0.2, 0) is 0 Å². The summed E-state index contributed by atoms with van der Waals surface area (Å²) in [4.78, 5) is 0. The van der Waals surface area contributed by atoms with E-state index in [1.807, 2.05) is 13.0 Å². The van der Waals surface area contributed by atoms with Crippen LogP contribution in [0.15, 0.2) is 11.6 Å². The molecule has 0 aliphatic heterocycles. The monoisotopic (exact) mass is 240 g/mol. The van der Waals surface area contributed by atoms with E-state index in [0.29, 0.717) is 5.92 Å². The topological polar surface area (TPSA) is 40.5 Å². The van der Waals surface area contributed by atoms with Crippen molar-refractivity contribution in [3.8, 4) is 0 Å². The van der Waals surface area contributed by atoms with E-state index in [0.717, 1.165) is 19.3 Å². The van der Waals surface area contributed by atoms with E-state index >= 15 is 0 Å². The van der Waals surface area contributed by atoms with Crippen molar-refractivity contribution in [3.63, 3.8) is 0 Å². The number of rotatable bonds is 6. The van der Waals surface area contributed by atoms with Gasteiger partial charge in [-0.2, -0.15) is 0 Å². The van der Waals surface area contributed by atoms with E-state index in [4.69, 9.17) is 0 Å². The first-order valence-corrected chi connectivity index (χ1v) is 7.13. The van der Waals surface area contributed by atoms with E-state index in [9.17, 15) is 10.2 Å². The third-order valence-corrected chi connectivity index (χ3v) is 3.78. The van der Waals surface area contributed by atoms with E-state index in [1.165, 1.54) is 37.7 Å². The normalized spacial score (nSPS) is 22.5. The van der Waals surface area contributed by atoms with Gasteiger partial charge in [0, 0.05) is 0 Å². The lowest BCUT2D eigenvalue weighted by molar-refractivity contribution is 0.124. The number of allylic oxidation sites excluding steroid dienone is 1. The van der Waals surface area contributed by atoms with Crippen LogP contribution in [0.3, 0.4) is 0 Å². The molecule has 0 heterocycles. The second-order valence-electron chi connectivity index (χ2n) is 5.64. The molecule has 1 rings (SSSR count). The summed E-state index contributed by atoms with van der Waals surface area (Å²) in [7, 11) is 0. The highest BCUT2D eigenvalue weighted by Crippen LogP contribution is 2.27. The van der Waals surface area contributed by atoms with Gasteiger partial charge in [0.05, 0.1) is 12.2 Å². The lowest BCUT2D eigenvalue weighted by atomic mass is 9.84. The van der Waals surface area contributed by atoms with E-state index in [-0.39, 0.29) is 12.2 Å². The van der Waals surface area contributed by atoms with Gasteiger partial charge in [0.15, 0.2) is 0 Å². The zero-order chi connectivity index (χ0) is 12.7. The second kappa shape index (κ2) is 7.88. The molecule has 1 aliphatic carbocycles. The predicted octanol–water partition coefficient (Wildman–Crippen LogP) is 3.43. The quantitative estimate of drug-likeness (QED) is 0.698. The molecule has 100 valence electrons. The Hall–Kier alpha value is -0.340. The van der Waals surface area contributed by atoms with E-state index in [1.54, 1.807) is 0 Å². The maximum atomic E-state index is 10.1. The summed E-state index contributed by atoms with van der Waals surface area (Å²) in [5.74, 6) is 0.482. The highest BCUT2D eigenvalue weighted by molar-refractivity contribution is 5.03. The van der Waals surface area contributed by atoms with Crippen molar-refractivity contribution in [1.82, 2.24) is 0 Å². The van der Waals surface area contributed by atoms with Crippen LogP contribution < -0.4 is 0 Å². The predicted molar refractivity (Wildman–Crippen MR) is 71.9 cm³/mol. The Morgan fingerprint density at radius 1 is 1.24 bits per heavy atom. The van der Waals surface area contributed by atoms with Crippen LogP contribution in [0.4, 0.5) is 0 Å². The Morgan fingerprint density at radius 3 is 2.47 bits per heavy atom. The first kappa shape index (κ1) is 14.7. The van der Waals surface area contributed by atoms with Crippen LogP contribution in [0.1, 0.15) is 65.2 Å². The van der Waals surface area contributed by atoms with Gasteiger partial charge < -0.3 is 10.2 Å². The van der Waals surface area contributed by atoms with Crippen molar-refractivity contribution < 1.29 is 10.2 Å². The lowest BCUT2D eigenvalue weighted by Crippen LogP contribution is -2.21. The van der Waals surface area contributed by atoms with Gasteiger partial charge in [-0.15, -0.1) is 0 Å². The summed E-state index contributed by atoms with van der Waals surface area (Å²) >= 11 is 0. The molecule has 0 aromatic rings. The van der Waals surface area contributed by atoms with Crippen LogP contribution in [0, 0.1) is 5.92 Å². The highest BCUT2D eigenvalue weighted by atomic mass is 16.3. The minimum Gasteiger partial charge on any atom is -0.393 e. The minimum absolute atomic E-state index is 0.203. The summed E-state index contributed by atoms with van der Waals surface area (Å²) in [6, 6.07) is 0. The Labute approximate surface area is 106 Å². The van der Waals surface area contributed by atoms with Gasteiger partial charge in [-0.1, -0.05) is 30.9 Å². The molecule has 1 saturated carbocycles. The molecular weight excluding hydrogens is 212 g/mol. The zero-order valence-corrected chi connectivity index (χ0v) is 11.4. The molecule has 0 saturated heterocycles. The molecule has 2 N–H and O–H groups in total. The van der Waals surface area contributed by atoms with Gasteiger partial charge >= 0.3 is 0 Å². The SMILES string of the molecule is C/C(=C\[C@H](O)C1CCCCC1)CCC[C@H](C)O. The lowest BCUT2D eigenvalue weighted by Gasteiger charge is -2.25. The van der Waals surface area contributed by atoms with Crippen LogP contribution in [0.5, 0.6) is 0 Å². The average molecular weight is 240 g/mol. The molecule has 17 heavy (non-hydrogen) atoms. The first-order chi connectivity index (χ1) is 8.09. The minimum atomic E-state index is -0.248. The molecule has 0 aromatic heterocycles. The molecule has 2 nitrogen and oxygen atoms in total. The van der Waals surface area contributed by atoms with Crippen LogP contribution in [-0.4, -0.2) is 22.4 Å². The van der Waals surface area contributed by atoms with Crippen molar-refractivity contribution in [1.29, 1.82) is 0 Å². The Balaban J connectivity index is 2.28. The smallest absolute Gasteiger partial charge is 0.0751 e. The summed E-state index contributed by atoms with van der Waals surface area (Å²) < 4.78 is 0. The van der Waals surface area contributed by atoms with Crippen molar-refractivity contribution in [2.75, 3.05) is 0 Å². The van der Waals surface area contributed by atoms with Gasteiger partial charge in [-0.3, -0.25) is 0 Å². The van der Waals surface area contributed by atoms with Crippen molar-refractivity contribution in [2.45, 2.75) is 77.4 Å². The molecule has 0 amide bonds. The fourth-order valence-electron chi connectivity index (χ4n) is 2.66. The summed E-state index contributed by atoms with van der Waals surface area (Å²) in [6.07, 6.45) is 10.7. The Morgan fingerprint density at radius 2 is 1.88 bits per heavy atom. The first-order valence-electron chi connectivity index (χ1n) is 7.13. The Bertz CT molecular complexity index is 227. The fourth-order valence-corrected chi connectivity index (χ4v) is 2.66. The maximum absolute atomic E-state index is 10.1. The van der Waals surface area contributed by atoms with Crippen LogP contribution >= 0.6 is 0 Å². The highest BCUT2D eigenvalue weighted by Gasteiger charge is 2.19. The van der Waals surface area contributed by atoms with Gasteiger partial charge in [0.2, 0.25) is 0 Å². The number of aliphatic hydroxyl groups excluding tert-OH is 2. The number of hydrogen-bond donors (Lipinski definition) is 2. The molecular formula is C15H28O2. The van der Waals surface area contributed by atoms with Crippen molar-refractivity contribution in [2.24, 2.45) is 5.92 Å². The zero-order valence-electron chi connectivity index (χ0n) is 11.4. The molecule has 0 bridgehead atoms. The maximum Gasteiger partial charge on any atom is 0.0751 e. The number of hydrogen-bond acceptors (Lipinski definition) is 2.